The summed E-state index contributed by atoms with van der Waals surface area (Å²) in [6.45, 7) is 4.60. The van der Waals surface area contributed by atoms with E-state index >= 15 is 0 Å². The molecule has 0 amide bonds. The van der Waals surface area contributed by atoms with Gasteiger partial charge in [0.25, 0.3) is 10.1 Å². The minimum Gasteiger partial charge on any atom is -0.375 e. The highest BCUT2D eigenvalue weighted by Gasteiger charge is 2.33. The molecular weight excluding hydrogens is 204 g/mol. The molecule has 5 heteroatoms. The molecule has 0 N–H and O–H groups in total. The molecular formula is C9H18O4S. The number of hydrogen-bond acceptors (Lipinski definition) is 4. The molecule has 1 rings (SSSR count). The quantitative estimate of drug-likeness (QED) is 0.676. The fourth-order valence-electron chi connectivity index (χ4n) is 1.66. The molecule has 4 nitrogen and oxygen atoms in total. The molecule has 1 aliphatic rings. The van der Waals surface area contributed by atoms with Gasteiger partial charge in [0.1, 0.15) is 0 Å². The zero-order chi connectivity index (χ0) is 10.8. The van der Waals surface area contributed by atoms with Crippen LogP contribution >= 0.6 is 0 Å². The van der Waals surface area contributed by atoms with Crippen LogP contribution in [0.5, 0.6) is 0 Å². The predicted octanol–water partition coefficient (Wildman–Crippen LogP) is 1.31. The van der Waals surface area contributed by atoms with Gasteiger partial charge < -0.3 is 4.74 Å². The summed E-state index contributed by atoms with van der Waals surface area (Å²) in [5, 5.41) is 0. The summed E-state index contributed by atoms with van der Waals surface area (Å²) in [5.74, 6) is 0. The van der Waals surface area contributed by atoms with Gasteiger partial charge in [-0.15, -0.1) is 0 Å². The van der Waals surface area contributed by atoms with E-state index in [1.165, 1.54) is 0 Å². The van der Waals surface area contributed by atoms with Gasteiger partial charge in [0.2, 0.25) is 0 Å². The van der Waals surface area contributed by atoms with Gasteiger partial charge >= 0.3 is 0 Å². The predicted molar refractivity (Wildman–Crippen MR) is 53.6 cm³/mol. The summed E-state index contributed by atoms with van der Waals surface area (Å²) in [4.78, 5) is 0. The van der Waals surface area contributed by atoms with Crippen molar-refractivity contribution in [3.63, 3.8) is 0 Å². The van der Waals surface area contributed by atoms with Crippen molar-refractivity contribution in [1.82, 2.24) is 0 Å². The Bertz CT molecular complexity index is 285. The number of hydrogen-bond donors (Lipinski definition) is 0. The van der Waals surface area contributed by atoms with Crippen LogP contribution < -0.4 is 0 Å². The first-order valence-corrected chi connectivity index (χ1v) is 6.68. The molecule has 14 heavy (non-hydrogen) atoms. The fourth-order valence-corrected chi connectivity index (χ4v) is 2.31. The Balaban J connectivity index is 2.57. The molecule has 0 aromatic rings. The molecule has 1 saturated heterocycles. The minimum absolute atomic E-state index is 0.219. The topological polar surface area (TPSA) is 52.6 Å². The Morgan fingerprint density at radius 1 is 1.57 bits per heavy atom. The maximum Gasteiger partial charge on any atom is 0.264 e. The maximum absolute atomic E-state index is 10.9. The summed E-state index contributed by atoms with van der Waals surface area (Å²) < 4.78 is 32.4. The van der Waals surface area contributed by atoms with Gasteiger partial charge in [-0.3, -0.25) is 4.18 Å². The van der Waals surface area contributed by atoms with E-state index in [9.17, 15) is 8.42 Å². The van der Waals surface area contributed by atoms with Crippen LogP contribution in [0.2, 0.25) is 0 Å². The molecule has 2 atom stereocenters. The zero-order valence-electron chi connectivity index (χ0n) is 8.95. The lowest BCUT2D eigenvalue weighted by atomic mass is 9.92. The van der Waals surface area contributed by atoms with Crippen molar-refractivity contribution < 1.29 is 17.3 Å². The normalized spacial score (nSPS) is 34.4. The van der Waals surface area contributed by atoms with Crippen molar-refractivity contribution in [1.29, 1.82) is 0 Å². The number of rotatable bonds is 3. The van der Waals surface area contributed by atoms with Crippen molar-refractivity contribution >= 4 is 10.1 Å². The first-order chi connectivity index (χ1) is 6.35. The van der Waals surface area contributed by atoms with Gasteiger partial charge in [0, 0.05) is 13.0 Å². The van der Waals surface area contributed by atoms with E-state index in [4.69, 9.17) is 8.92 Å². The van der Waals surface area contributed by atoms with Crippen LogP contribution in [0.15, 0.2) is 0 Å². The van der Waals surface area contributed by atoms with Crippen LogP contribution in [0.1, 0.15) is 33.1 Å². The molecule has 0 spiro atoms. The standard InChI is InChI=1S/C9H18O4S/c1-4-9(2)7-8(5-6-12-9)13-14(3,10)11/h8H,4-7H2,1-3H3. The van der Waals surface area contributed by atoms with Gasteiger partial charge in [-0.1, -0.05) is 6.92 Å². The highest BCUT2D eigenvalue weighted by Crippen LogP contribution is 2.29. The van der Waals surface area contributed by atoms with E-state index in [0.29, 0.717) is 19.4 Å². The average molecular weight is 222 g/mol. The highest BCUT2D eigenvalue weighted by molar-refractivity contribution is 7.86. The lowest BCUT2D eigenvalue weighted by Crippen LogP contribution is -2.40. The molecule has 0 aromatic carbocycles. The van der Waals surface area contributed by atoms with Gasteiger partial charge in [-0.2, -0.15) is 8.42 Å². The van der Waals surface area contributed by atoms with Crippen molar-refractivity contribution in [2.24, 2.45) is 0 Å². The van der Waals surface area contributed by atoms with E-state index in [1.807, 2.05) is 13.8 Å². The Morgan fingerprint density at radius 3 is 2.71 bits per heavy atom. The van der Waals surface area contributed by atoms with Crippen molar-refractivity contribution in [2.75, 3.05) is 12.9 Å². The fraction of sp³-hybridized carbons (Fsp3) is 1.00. The third kappa shape index (κ3) is 3.55. The maximum atomic E-state index is 10.9. The van der Waals surface area contributed by atoms with Crippen LogP contribution in [-0.2, 0) is 19.0 Å². The van der Waals surface area contributed by atoms with Crippen LogP contribution in [0, 0.1) is 0 Å². The summed E-state index contributed by atoms with van der Waals surface area (Å²) in [6.07, 6.45) is 3.05. The Morgan fingerprint density at radius 2 is 2.21 bits per heavy atom. The third-order valence-electron chi connectivity index (χ3n) is 2.61. The van der Waals surface area contributed by atoms with E-state index in [2.05, 4.69) is 0 Å². The highest BCUT2D eigenvalue weighted by atomic mass is 32.2. The Labute approximate surface area is 85.7 Å². The van der Waals surface area contributed by atoms with Crippen molar-refractivity contribution in [3.8, 4) is 0 Å². The summed E-state index contributed by atoms with van der Waals surface area (Å²) in [6, 6.07) is 0. The smallest absolute Gasteiger partial charge is 0.264 e. The molecule has 1 fully saturated rings. The first-order valence-electron chi connectivity index (χ1n) is 4.87. The van der Waals surface area contributed by atoms with Gasteiger partial charge in [0.05, 0.1) is 18.0 Å². The molecule has 2 unspecified atom stereocenters. The molecule has 84 valence electrons. The van der Waals surface area contributed by atoms with Gasteiger partial charge in [0.15, 0.2) is 0 Å². The molecule has 0 aromatic heterocycles. The Hall–Kier alpha value is -0.130. The monoisotopic (exact) mass is 222 g/mol. The lowest BCUT2D eigenvalue weighted by molar-refractivity contribution is -0.101. The summed E-state index contributed by atoms with van der Waals surface area (Å²) >= 11 is 0. The minimum atomic E-state index is -3.34. The van der Waals surface area contributed by atoms with Crippen LogP contribution in [0.3, 0.4) is 0 Å². The molecule has 0 radical (unpaired) electrons. The van der Waals surface area contributed by atoms with Crippen LogP contribution in [0.25, 0.3) is 0 Å². The second kappa shape index (κ2) is 4.16. The SMILES string of the molecule is CCC1(C)CC(OS(C)(=O)=O)CCO1. The van der Waals surface area contributed by atoms with Gasteiger partial charge in [-0.05, 0) is 19.8 Å². The molecule has 1 aliphatic heterocycles. The zero-order valence-corrected chi connectivity index (χ0v) is 9.76. The van der Waals surface area contributed by atoms with E-state index in [-0.39, 0.29) is 11.7 Å². The summed E-state index contributed by atoms with van der Waals surface area (Å²) in [5.41, 5.74) is -0.229. The van der Waals surface area contributed by atoms with E-state index in [0.717, 1.165) is 12.7 Å². The molecule has 0 saturated carbocycles. The van der Waals surface area contributed by atoms with Gasteiger partial charge in [-0.25, -0.2) is 0 Å². The largest absolute Gasteiger partial charge is 0.375 e. The molecule has 0 bridgehead atoms. The number of ether oxygens (including phenoxy) is 1. The van der Waals surface area contributed by atoms with E-state index in [1.54, 1.807) is 0 Å². The molecule has 0 aliphatic carbocycles. The van der Waals surface area contributed by atoms with Crippen molar-refractivity contribution in [3.05, 3.63) is 0 Å². The van der Waals surface area contributed by atoms with Crippen LogP contribution in [0.4, 0.5) is 0 Å². The molecule has 1 heterocycles. The Kier molecular flexibility index (Phi) is 3.55. The van der Waals surface area contributed by atoms with Crippen molar-refractivity contribution in [2.45, 2.75) is 44.8 Å². The third-order valence-corrected chi connectivity index (χ3v) is 3.23. The summed E-state index contributed by atoms with van der Waals surface area (Å²) in [7, 11) is -3.34. The second-order valence-corrected chi connectivity index (χ2v) is 5.67. The second-order valence-electron chi connectivity index (χ2n) is 4.07. The lowest BCUT2D eigenvalue weighted by Gasteiger charge is -2.36. The average Bonchev–Trinajstić information content (AvgIpc) is 2.01. The van der Waals surface area contributed by atoms with E-state index < -0.39 is 10.1 Å². The van der Waals surface area contributed by atoms with Crippen LogP contribution in [-0.4, -0.2) is 33.0 Å². The first kappa shape index (κ1) is 11.9.